The summed E-state index contributed by atoms with van der Waals surface area (Å²) in [5.74, 6) is 1.33. The minimum absolute atomic E-state index is 0.399. The number of anilines is 4. The summed E-state index contributed by atoms with van der Waals surface area (Å²) in [7, 11) is 4.32. The van der Waals surface area contributed by atoms with E-state index in [2.05, 4.69) is 39.6 Å². The number of benzene rings is 1. The molecule has 0 radical (unpaired) electrons. The fourth-order valence-electron chi connectivity index (χ4n) is 3.67. The van der Waals surface area contributed by atoms with Gasteiger partial charge in [-0.05, 0) is 71.8 Å². The summed E-state index contributed by atoms with van der Waals surface area (Å²) in [4.78, 5) is 16.2. The molecular weight excluding hydrogens is 350 g/mol. The molecule has 150 valence electrons. The van der Waals surface area contributed by atoms with Crippen LogP contribution in [0, 0.1) is 6.92 Å². The Morgan fingerprint density at radius 3 is 2.57 bits per heavy atom. The van der Waals surface area contributed by atoms with Gasteiger partial charge in [-0.25, -0.2) is 4.98 Å². The molecule has 1 aliphatic rings. The van der Waals surface area contributed by atoms with Gasteiger partial charge in [0.05, 0.1) is 5.69 Å². The van der Waals surface area contributed by atoms with Crippen LogP contribution in [0.15, 0.2) is 29.3 Å². The summed E-state index contributed by atoms with van der Waals surface area (Å²) in [6, 6.07) is 8.68. The van der Waals surface area contributed by atoms with Gasteiger partial charge in [-0.2, -0.15) is 4.98 Å². The third kappa shape index (κ3) is 4.98. The minimum atomic E-state index is 0.399. The number of aryl methyl sites for hydroxylation is 1. The molecule has 0 spiro atoms. The van der Waals surface area contributed by atoms with Crippen molar-refractivity contribution >= 4 is 35.0 Å². The molecule has 4 N–H and O–H groups in total. The van der Waals surface area contributed by atoms with Gasteiger partial charge in [0.25, 0.3) is 0 Å². The summed E-state index contributed by atoms with van der Waals surface area (Å²) in [5.41, 5.74) is 9.07. The molecule has 1 aromatic heterocycles. The van der Waals surface area contributed by atoms with Crippen molar-refractivity contribution in [3.8, 4) is 0 Å². The Kier molecular flexibility index (Phi) is 6.46. The summed E-state index contributed by atoms with van der Waals surface area (Å²) in [6.07, 6.45) is 6.38. The number of aromatic nitrogens is 2. The zero-order valence-electron chi connectivity index (χ0n) is 17.2. The van der Waals surface area contributed by atoms with Crippen LogP contribution >= 0.6 is 0 Å². The van der Waals surface area contributed by atoms with Gasteiger partial charge < -0.3 is 21.3 Å². The standard InChI is InChI=1S/C21H31N7/c1-5-23-19-14(2)24-21(26-16-9-11-18(12-10-16)28(3)4)27-20(19)25-17-8-6-7-15(22)13-17/h5-8,13,16,18H,9-12,22H2,1-4H3,(H2,24,25,26,27). The van der Waals surface area contributed by atoms with Crippen molar-refractivity contribution < 1.29 is 0 Å². The quantitative estimate of drug-likeness (QED) is 0.515. The van der Waals surface area contributed by atoms with Gasteiger partial charge in [-0.3, -0.25) is 4.99 Å². The second kappa shape index (κ2) is 9.01. The van der Waals surface area contributed by atoms with E-state index < -0.39 is 0 Å². The van der Waals surface area contributed by atoms with E-state index >= 15 is 0 Å². The molecule has 7 nitrogen and oxygen atoms in total. The molecule has 0 unspecified atom stereocenters. The topological polar surface area (TPSA) is 91.5 Å². The number of nitrogens with zero attached hydrogens (tertiary/aromatic N) is 4. The second-order valence-corrected chi connectivity index (χ2v) is 7.58. The highest BCUT2D eigenvalue weighted by molar-refractivity contribution is 5.75. The Balaban J connectivity index is 1.80. The normalized spacial score (nSPS) is 19.9. The van der Waals surface area contributed by atoms with Crippen molar-refractivity contribution in [1.29, 1.82) is 0 Å². The number of nitrogens with two attached hydrogens (primary N) is 1. The SMILES string of the molecule is CC=Nc1c(C)nc(NC2CCC(N(C)C)CC2)nc1Nc1cccc(N)c1. The van der Waals surface area contributed by atoms with Gasteiger partial charge in [0, 0.05) is 29.7 Å². The highest BCUT2D eigenvalue weighted by Gasteiger charge is 2.23. The zero-order valence-corrected chi connectivity index (χ0v) is 17.2. The van der Waals surface area contributed by atoms with Gasteiger partial charge in [-0.15, -0.1) is 0 Å². The molecule has 1 saturated carbocycles. The predicted octanol–water partition coefficient (Wildman–Crippen LogP) is 4.12. The molecular formula is C21H31N7. The van der Waals surface area contributed by atoms with Crippen molar-refractivity contribution in [3.05, 3.63) is 30.0 Å². The Hall–Kier alpha value is -2.67. The first-order valence-electron chi connectivity index (χ1n) is 9.89. The van der Waals surface area contributed by atoms with E-state index in [0.717, 1.165) is 29.9 Å². The molecule has 3 rings (SSSR count). The number of nitrogen functional groups attached to an aromatic ring is 1. The maximum absolute atomic E-state index is 5.91. The Bertz CT molecular complexity index is 823. The van der Waals surface area contributed by atoms with Gasteiger partial charge in [0.1, 0.15) is 5.69 Å². The van der Waals surface area contributed by atoms with Crippen LogP contribution in [-0.4, -0.2) is 47.3 Å². The fourth-order valence-corrected chi connectivity index (χ4v) is 3.67. The van der Waals surface area contributed by atoms with Gasteiger partial charge >= 0.3 is 0 Å². The van der Waals surface area contributed by atoms with Crippen molar-refractivity contribution in [2.24, 2.45) is 4.99 Å². The second-order valence-electron chi connectivity index (χ2n) is 7.58. The van der Waals surface area contributed by atoms with E-state index in [-0.39, 0.29) is 0 Å². The molecule has 0 saturated heterocycles. The smallest absolute Gasteiger partial charge is 0.225 e. The van der Waals surface area contributed by atoms with E-state index in [1.807, 2.05) is 38.1 Å². The lowest BCUT2D eigenvalue weighted by Crippen LogP contribution is -2.36. The Morgan fingerprint density at radius 1 is 1.18 bits per heavy atom. The number of nitrogens with one attached hydrogen (secondary N) is 2. The van der Waals surface area contributed by atoms with Crippen LogP contribution < -0.4 is 16.4 Å². The molecule has 1 fully saturated rings. The fraction of sp³-hybridized carbons (Fsp3) is 0.476. The van der Waals surface area contributed by atoms with Crippen LogP contribution in [-0.2, 0) is 0 Å². The van der Waals surface area contributed by atoms with Crippen molar-refractivity contribution in [2.45, 2.75) is 51.6 Å². The van der Waals surface area contributed by atoms with Crippen LogP contribution in [0.2, 0.25) is 0 Å². The molecule has 1 heterocycles. The molecule has 0 bridgehead atoms. The van der Waals surface area contributed by atoms with Crippen molar-refractivity contribution in [2.75, 3.05) is 30.5 Å². The Morgan fingerprint density at radius 2 is 1.93 bits per heavy atom. The van der Waals surface area contributed by atoms with Crippen LogP contribution in [0.25, 0.3) is 0 Å². The molecule has 28 heavy (non-hydrogen) atoms. The van der Waals surface area contributed by atoms with E-state index in [1.165, 1.54) is 12.8 Å². The third-order valence-electron chi connectivity index (χ3n) is 5.23. The van der Waals surface area contributed by atoms with Crippen LogP contribution in [0.5, 0.6) is 0 Å². The van der Waals surface area contributed by atoms with E-state index in [9.17, 15) is 0 Å². The monoisotopic (exact) mass is 381 g/mol. The Labute approximate surface area is 167 Å². The largest absolute Gasteiger partial charge is 0.399 e. The van der Waals surface area contributed by atoms with Crippen LogP contribution in [0.4, 0.5) is 28.8 Å². The lowest BCUT2D eigenvalue weighted by Gasteiger charge is -2.33. The highest BCUT2D eigenvalue weighted by Crippen LogP contribution is 2.31. The maximum Gasteiger partial charge on any atom is 0.225 e. The minimum Gasteiger partial charge on any atom is -0.399 e. The van der Waals surface area contributed by atoms with E-state index in [1.54, 1.807) is 6.21 Å². The third-order valence-corrected chi connectivity index (χ3v) is 5.23. The summed E-state index contributed by atoms with van der Waals surface area (Å²) in [5, 5.41) is 6.88. The average molecular weight is 382 g/mol. The van der Waals surface area contributed by atoms with Crippen LogP contribution in [0.3, 0.4) is 0 Å². The molecule has 0 amide bonds. The first kappa shape index (κ1) is 20.1. The van der Waals surface area contributed by atoms with Crippen molar-refractivity contribution in [3.63, 3.8) is 0 Å². The molecule has 0 atom stereocenters. The van der Waals surface area contributed by atoms with Gasteiger partial charge in [0.15, 0.2) is 5.82 Å². The molecule has 2 aromatic rings. The van der Waals surface area contributed by atoms with E-state index in [0.29, 0.717) is 29.5 Å². The average Bonchev–Trinajstić information content (AvgIpc) is 2.65. The van der Waals surface area contributed by atoms with Gasteiger partial charge in [-0.1, -0.05) is 6.07 Å². The maximum atomic E-state index is 5.91. The highest BCUT2D eigenvalue weighted by atomic mass is 15.2. The predicted molar refractivity (Wildman–Crippen MR) is 118 cm³/mol. The lowest BCUT2D eigenvalue weighted by atomic mass is 9.91. The number of aliphatic imine (C=N–C) groups is 1. The first-order chi connectivity index (χ1) is 13.5. The molecule has 0 aliphatic heterocycles. The lowest BCUT2D eigenvalue weighted by molar-refractivity contribution is 0.221. The summed E-state index contributed by atoms with van der Waals surface area (Å²) < 4.78 is 0. The van der Waals surface area contributed by atoms with E-state index in [4.69, 9.17) is 10.7 Å². The first-order valence-corrected chi connectivity index (χ1v) is 9.89. The number of hydrogen-bond donors (Lipinski definition) is 3. The van der Waals surface area contributed by atoms with Crippen LogP contribution in [0.1, 0.15) is 38.3 Å². The molecule has 1 aromatic carbocycles. The number of rotatable bonds is 6. The zero-order chi connectivity index (χ0) is 20.1. The summed E-state index contributed by atoms with van der Waals surface area (Å²) in [6.45, 7) is 3.85. The van der Waals surface area contributed by atoms with Crippen molar-refractivity contribution in [1.82, 2.24) is 14.9 Å². The summed E-state index contributed by atoms with van der Waals surface area (Å²) >= 11 is 0. The molecule has 1 aliphatic carbocycles. The van der Waals surface area contributed by atoms with Gasteiger partial charge in [0.2, 0.25) is 5.95 Å². The molecule has 7 heteroatoms. The number of hydrogen-bond acceptors (Lipinski definition) is 7.